The summed E-state index contributed by atoms with van der Waals surface area (Å²) in [6.07, 6.45) is -3.79. The summed E-state index contributed by atoms with van der Waals surface area (Å²) in [5, 5.41) is 12.6. The van der Waals surface area contributed by atoms with Gasteiger partial charge < -0.3 is 15.2 Å². The average molecular weight is 453 g/mol. The third-order valence-electron chi connectivity index (χ3n) is 4.08. The van der Waals surface area contributed by atoms with Crippen molar-refractivity contribution in [3.63, 3.8) is 0 Å². The summed E-state index contributed by atoms with van der Waals surface area (Å²) in [4.78, 5) is 31.2. The molecule has 1 aromatic carbocycles. The third kappa shape index (κ3) is 4.55. The zero-order chi connectivity index (χ0) is 22.9. The molecule has 162 valence electrons. The molecule has 0 spiro atoms. The molecule has 2 aromatic heterocycles. The fourth-order valence-electron chi connectivity index (χ4n) is 2.49. The fourth-order valence-corrected chi connectivity index (χ4v) is 2.66. The molecule has 0 atom stereocenters. The highest BCUT2D eigenvalue weighted by molar-refractivity contribution is 7.71. The van der Waals surface area contributed by atoms with Crippen LogP contribution in [0.1, 0.15) is 16.2 Å². The van der Waals surface area contributed by atoms with E-state index in [1.54, 1.807) is 0 Å². The Balaban J connectivity index is 1.79. The van der Waals surface area contributed by atoms with Gasteiger partial charge in [-0.2, -0.15) is 18.2 Å². The summed E-state index contributed by atoms with van der Waals surface area (Å²) in [5.74, 6) is -2.97. The van der Waals surface area contributed by atoms with Gasteiger partial charge in [-0.25, -0.2) is 4.98 Å². The van der Waals surface area contributed by atoms with E-state index in [0.717, 1.165) is 21.4 Å². The second-order valence-corrected chi connectivity index (χ2v) is 6.57. The number of aromatic nitrogens is 4. The third-order valence-corrected chi connectivity index (χ3v) is 4.63. The van der Waals surface area contributed by atoms with Gasteiger partial charge in [0.1, 0.15) is 5.75 Å². The molecule has 0 saturated heterocycles. The minimum atomic E-state index is -4.71. The molecule has 0 unspecified atom stereocenters. The van der Waals surface area contributed by atoms with Gasteiger partial charge in [0, 0.05) is 32.0 Å². The standard InChI is InChI=1S/C18H14F3N5O4S/c1-25-14(28)12(15(29)26(2)17(25)31)13(27)23-9-3-5-10(6-4-9)30-11-7-8-22-16(24-11)18(19,20)21/h3-8,28H,1-2H3,(H,23,27). The monoisotopic (exact) mass is 453 g/mol. The van der Waals surface area contributed by atoms with E-state index in [2.05, 4.69) is 15.3 Å². The van der Waals surface area contributed by atoms with Gasteiger partial charge in [-0.05, 0) is 36.5 Å². The summed E-state index contributed by atoms with van der Waals surface area (Å²) in [5.41, 5.74) is -1.04. The van der Waals surface area contributed by atoms with Crippen molar-refractivity contribution in [1.29, 1.82) is 0 Å². The first-order valence-corrected chi connectivity index (χ1v) is 8.88. The predicted molar refractivity (Wildman–Crippen MR) is 105 cm³/mol. The maximum absolute atomic E-state index is 12.7. The number of carbonyl (C=O) groups excluding carboxylic acids is 1. The van der Waals surface area contributed by atoms with Crippen molar-refractivity contribution in [2.75, 3.05) is 5.32 Å². The van der Waals surface area contributed by atoms with Crippen LogP contribution < -0.4 is 15.6 Å². The second kappa shape index (κ2) is 8.18. The molecule has 3 aromatic rings. The summed E-state index contributed by atoms with van der Waals surface area (Å²) in [6, 6.07) is 6.68. The van der Waals surface area contributed by atoms with Gasteiger partial charge in [0.15, 0.2) is 10.3 Å². The lowest BCUT2D eigenvalue weighted by Gasteiger charge is -2.12. The lowest BCUT2D eigenvalue weighted by atomic mass is 10.2. The molecule has 0 bridgehead atoms. The molecular weight excluding hydrogens is 439 g/mol. The molecule has 0 saturated carbocycles. The Morgan fingerprint density at radius 3 is 2.42 bits per heavy atom. The zero-order valence-corrected chi connectivity index (χ0v) is 16.8. The number of amides is 1. The maximum atomic E-state index is 12.7. The molecule has 2 heterocycles. The Morgan fingerprint density at radius 1 is 1.16 bits per heavy atom. The second-order valence-electron chi connectivity index (χ2n) is 6.20. The SMILES string of the molecule is Cn1c(O)c(C(=O)Nc2ccc(Oc3ccnc(C(F)(F)F)n3)cc2)c(=O)n(C)c1=S. The van der Waals surface area contributed by atoms with Crippen LogP contribution in [0.3, 0.4) is 0 Å². The number of halogens is 3. The smallest absolute Gasteiger partial charge is 0.451 e. The first kappa shape index (κ1) is 22.0. The molecule has 1 amide bonds. The van der Waals surface area contributed by atoms with E-state index in [4.69, 9.17) is 17.0 Å². The van der Waals surface area contributed by atoms with Gasteiger partial charge in [-0.1, -0.05) is 0 Å². The van der Waals surface area contributed by atoms with Gasteiger partial charge >= 0.3 is 6.18 Å². The number of nitrogens with zero attached hydrogens (tertiary/aromatic N) is 4. The van der Waals surface area contributed by atoms with E-state index in [-0.39, 0.29) is 22.1 Å². The van der Waals surface area contributed by atoms with Crippen LogP contribution >= 0.6 is 12.2 Å². The number of aromatic hydroxyl groups is 1. The van der Waals surface area contributed by atoms with E-state index in [9.17, 15) is 27.9 Å². The lowest BCUT2D eigenvalue weighted by molar-refractivity contribution is -0.145. The van der Waals surface area contributed by atoms with Crippen molar-refractivity contribution in [2.24, 2.45) is 14.1 Å². The summed E-state index contributed by atoms with van der Waals surface area (Å²) in [7, 11) is 2.77. The summed E-state index contributed by atoms with van der Waals surface area (Å²) < 4.78 is 45.5. The van der Waals surface area contributed by atoms with Gasteiger partial charge in [0.2, 0.25) is 17.6 Å². The quantitative estimate of drug-likeness (QED) is 0.584. The molecule has 0 aliphatic carbocycles. The van der Waals surface area contributed by atoms with Crippen LogP contribution in [-0.2, 0) is 20.3 Å². The number of benzene rings is 1. The molecule has 3 rings (SSSR count). The van der Waals surface area contributed by atoms with Gasteiger partial charge in [0.05, 0.1) is 0 Å². The Morgan fingerprint density at radius 2 is 1.81 bits per heavy atom. The number of rotatable bonds is 4. The van der Waals surface area contributed by atoms with Crippen LogP contribution in [-0.4, -0.2) is 30.1 Å². The van der Waals surface area contributed by atoms with Crippen molar-refractivity contribution < 1.29 is 27.8 Å². The van der Waals surface area contributed by atoms with E-state index >= 15 is 0 Å². The zero-order valence-electron chi connectivity index (χ0n) is 16.0. The van der Waals surface area contributed by atoms with Gasteiger partial charge in [-0.3, -0.25) is 18.7 Å². The normalized spacial score (nSPS) is 11.3. The van der Waals surface area contributed by atoms with Crippen LogP contribution in [0.4, 0.5) is 18.9 Å². The Hall–Kier alpha value is -3.74. The molecule has 0 aliphatic rings. The number of hydrogen-bond acceptors (Lipinski definition) is 7. The largest absolute Gasteiger partial charge is 0.494 e. The molecule has 0 fully saturated rings. The van der Waals surface area contributed by atoms with E-state index in [1.807, 2.05) is 0 Å². The molecule has 2 N–H and O–H groups in total. The highest BCUT2D eigenvalue weighted by Gasteiger charge is 2.34. The Kier molecular flexibility index (Phi) is 5.79. The minimum absolute atomic E-state index is 0.0268. The van der Waals surface area contributed by atoms with Crippen LogP contribution in [0.2, 0.25) is 0 Å². The van der Waals surface area contributed by atoms with Crippen molar-refractivity contribution >= 4 is 23.8 Å². The van der Waals surface area contributed by atoms with Crippen molar-refractivity contribution in [3.05, 3.63) is 63.0 Å². The fraction of sp³-hybridized carbons (Fsp3) is 0.167. The highest BCUT2D eigenvalue weighted by atomic mass is 32.1. The van der Waals surface area contributed by atoms with E-state index < -0.39 is 34.9 Å². The summed E-state index contributed by atoms with van der Waals surface area (Å²) in [6.45, 7) is 0. The molecular formula is C18H14F3N5O4S. The first-order valence-electron chi connectivity index (χ1n) is 8.47. The van der Waals surface area contributed by atoms with Gasteiger partial charge in [0.25, 0.3) is 11.5 Å². The van der Waals surface area contributed by atoms with E-state index in [0.29, 0.717) is 0 Å². The van der Waals surface area contributed by atoms with Crippen molar-refractivity contribution in [3.8, 4) is 17.5 Å². The molecule has 0 aliphatic heterocycles. The number of alkyl halides is 3. The lowest BCUT2D eigenvalue weighted by Crippen LogP contribution is -2.30. The van der Waals surface area contributed by atoms with Crippen LogP contribution in [0.5, 0.6) is 17.5 Å². The minimum Gasteiger partial charge on any atom is -0.494 e. The van der Waals surface area contributed by atoms with Crippen molar-refractivity contribution in [1.82, 2.24) is 19.1 Å². The first-order chi connectivity index (χ1) is 14.5. The number of hydrogen-bond donors (Lipinski definition) is 2. The maximum Gasteiger partial charge on any atom is 0.451 e. The molecule has 31 heavy (non-hydrogen) atoms. The van der Waals surface area contributed by atoms with E-state index in [1.165, 1.54) is 38.4 Å². The number of ether oxygens (including phenoxy) is 1. The molecule has 13 heteroatoms. The van der Waals surface area contributed by atoms with Crippen molar-refractivity contribution in [2.45, 2.75) is 6.18 Å². The number of anilines is 1. The Labute approximate surface area is 177 Å². The highest BCUT2D eigenvalue weighted by Crippen LogP contribution is 2.28. The number of carbonyl (C=O) groups is 1. The topological polar surface area (TPSA) is 111 Å². The predicted octanol–water partition coefficient (Wildman–Crippen LogP) is 3.01. The van der Waals surface area contributed by atoms with Gasteiger partial charge in [-0.15, -0.1) is 0 Å². The Bertz CT molecular complexity index is 1270. The summed E-state index contributed by atoms with van der Waals surface area (Å²) >= 11 is 4.99. The van der Waals surface area contributed by atoms with Crippen LogP contribution in [0, 0.1) is 4.77 Å². The van der Waals surface area contributed by atoms with Crippen LogP contribution in [0.15, 0.2) is 41.3 Å². The molecule has 0 radical (unpaired) electrons. The number of nitrogens with one attached hydrogen (secondary N) is 1. The average Bonchev–Trinajstić information content (AvgIpc) is 2.72. The van der Waals surface area contributed by atoms with Crippen LogP contribution in [0.25, 0.3) is 0 Å². The molecule has 9 nitrogen and oxygen atoms in total.